The van der Waals surface area contributed by atoms with E-state index in [-0.39, 0.29) is 0 Å². The largest absolute Gasteiger partial charge is 0.338 e. The Morgan fingerprint density at radius 3 is 2.77 bits per heavy atom. The second-order valence-electron chi connectivity index (χ2n) is 5.58. The van der Waals surface area contributed by atoms with Crippen LogP contribution in [0.5, 0.6) is 0 Å². The third kappa shape index (κ3) is 3.71. The zero-order valence-corrected chi connectivity index (χ0v) is 15.8. The van der Waals surface area contributed by atoms with Crippen LogP contribution in [0.25, 0.3) is 10.7 Å². The van der Waals surface area contributed by atoms with Gasteiger partial charge in [-0.1, -0.05) is 53.3 Å². The monoisotopic (exact) mass is 383 g/mol. The highest BCUT2D eigenvalue weighted by Gasteiger charge is 2.15. The molecule has 4 aromatic rings. The van der Waals surface area contributed by atoms with E-state index in [2.05, 4.69) is 44.0 Å². The van der Waals surface area contributed by atoms with Crippen LogP contribution in [0.4, 0.5) is 0 Å². The first-order chi connectivity index (χ1) is 12.8. The molecule has 3 aromatic heterocycles. The molecule has 0 spiro atoms. The van der Waals surface area contributed by atoms with Gasteiger partial charge in [0.25, 0.3) is 0 Å². The van der Waals surface area contributed by atoms with Gasteiger partial charge in [0.05, 0.1) is 10.6 Å². The van der Waals surface area contributed by atoms with Crippen LogP contribution in [0.1, 0.15) is 24.2 Å². The van der Waals surface area contributed by atoms with Crippen LogP contribution in [0.3, 0.4) is 0 Å². The van der Waals surface area contributed by atoms with Gasteiger partial charge in [-0.25, -0.2) is 0 Å². The minimum Gasteiger partial charge on any atom is -0.338 e. The molecule has 0 fully saturated rings. The minimum absolute atomic E-state index is 0.571. The zero-order chi connectivity index (χ0) is 17.8. The van der Waals surface area contributed by atoms with E-state index in [4.69, 9.17) is 4.52 Å². The van der Waals surface area contributed by atoms with Crippen molar-refractivity contribution in [2.24, 2.45) is 0 Å². The molecule has 0 saturated heterocycles. The van der Waals surface area contributed by atoms with Crippen molar-refractivity contribution in [3.05, 3.63) is 65.1 Å². The van der Waals surface area contributed by atoms with Crippen LogP contribution >= 0.6 is 23.1 Å². The number of aromatic nitrogens is 5. The van der Waals surface area contributed by atoms with Crippen LogP contribution in [-0.4, -0.2) is 24.9 Å². The second kappa shape index (κ2) is 7.84. The lowest BCUT2D eigenvalue weighted by atomic mass is 10.1. The average Bonchev–Trinajstić information content (AvgIpc) is 3.41. The number of nitrogens with zero attached hydrogens (tertiary/aromatic N) is 5. The van der Waals surface area contributed by atoms with E-state index in [9.17, 15) is 0 Å². The van der Waals surface area contributed by atoms with Gasteiger partial charge < -0.3 is 9.09 Å². The van der Waals surface area contributed by atoms with Crippen molar-refractivity contribution >= 4 is 23.1 Å². The summed E-state index contributed by atoms with van der Waals surface area (Å²) in [6, 6.07) is 14.3. The van der Waals surface area contributed by atoms with Crippen LogP contribution < -0.4 is 0 Å². The molecule has 6 nitrogen and oxygen atoms in total. The molecule has 0 unspecified atom stereocenters. The Kier molecular flexibility index (Phi) is 5.12. The third-order valence-corrected chi connectivity index (χ3v) is 5.67. The highest BCUT2D eigenvalue weighted by molar-refractivity contribution is 7.98. The Morgan fingerprint density at radius 2 is 2.00 bits per heavy atom. The van der Waals surface area contributed by atoms with Crippen LogP contribution in [0.2, 0.25) is 0 Å². The molecule has 132 valence electrons. The molecule has 3 heterocycles. The standard InChI is InChI=1S/C18H17N5OS2/c1-2-23-15(11-13-7-4-3-5-8-13)20-21-18(23)26-12-16-19-17(22-24-16)14-9-6-10-25-14/h3-10H,2,11-12H2,1H3. The SMILES string of the molecule is CCn1c(Cc2ccccc2)nnc1SCc1nc(-c2cccs2)no1. The van der Waals surface area contributed by atoms with Crippen molar-refractivity contribution in [1.29, 1.82) is 0 Å². The average molecular weight is 384 g/mol. The zero-order valence-electron chi connectivity index (χ0n) is 14.2. The number of hydrogen-bond donors (Lipinski definition) is 0. The van der Waals surface area contributed by atoms with E-state index in [0.29, 0.717) is 17.5 Å². The number of hydrogen-bond acceptors (Lipinski definition) is 7. The molecule has 1 aromatic carbocycles. The van der Waals surface area contributed by atoms with Gasteiger partial charge in [0.2, 0.25) is 11.7 Å². The Labute approximate surface area is 159 Å². The van der Waals surface area contributed by atoms with E-state index in [1.165, 1.54) is 5.56 Å². The molecule has 8 heteroatoms. The highest BCUT2D eigenvalue weighted by Crippen LogP contribution is 2.25. The first kappa shape index (κ1) is 17.0. The first-order valence-electron chi connectivity index (χ1n) is 8.28. The molecule has 0 aliphatic carbocycles. The fraction of sp³-hybridized carbons (Fsp3) is 0.222. The Bertz CT molecular complexity index is 963. The summed E-state index contributed by atoms with van der Waals surface area (Å²) in [6.45, 7) is 2.92. The Balaban J connectivity index is 1.45. The summed E-state index contributed by atoms with van der Waals surface area (Å²) >= 11 is 3.16. The van der Waals surface area contributed by atoms with Gasteiger partial charge in [-0.15, -0.1) is 21.5 Å². The predicted molar refractivity (Wildman–Crippen MR) is 102 cm³/mol. The van der Waals surface area contributed by atoms with Gasteiger partial charge in [0.15, 0.2) is 5.16 Å². The van der Waals surface area contributed by atoms with Crippen molar-refractivity contribution in [1.82, 2.24) is 24.9 Å². The maximum absolute atomic E-state index is 5.35. The molecule has 0 aliphatic rings. The topological polar surface area (TPSA) is 69.6 Å². The summed E-state index contributed by atoms with van der Waals surface area (Å²) in [5, 5.41) is 15.6. The predicted octanol–water partition coefficient (Wildman–Crippen LogP) is 4.29. The number of thioether (sulfide) groups is 1. The number of thiophene rings is 1. The van der Waals surface area contributed by atoms with Gasteiger partial charge in [-0.05, 0) is 23.9 Å². The first-order valence-corrected chi connectivity index (χ1v) is 10.1. The molecule has 0 atom stereocenters. The van der Waals surface area contributed by atoms with Crippen molar-refractivity contribution in [3.8, 4) is 10.7 Å². The van der Waals surface area contributed by atoms with Crippen LogP contribution in [-0.2, 0) is 18.7 Å². The van der Waals surface area contributed by atoms with Crippen molar-refractivity contribution in [2.75, 3.05) is 0 Å². The lowest BCUT2D eigenvalue weighted by molar-refractivity contribution is 0.391. The molecule has 4 rings (SSSR count). The van der Waals surface area contributed by atoms with Crippen molar-refractivity contribution < 1.29 is 4.52 Å². The smallest absolute Gasteiger partial charge is 0.237 e. The second-order valence-corrected chi connectivity index (χ2v) is 7.47. The van der Waals surface area contributed by atoms with Gasteiger partial charge >= 0.3 is 0 Å². The third-order valence-electron chi connectivity index (χ3n) is 3.85. The summed E-state index contributed by atoms with van der Waals surface area (Å²) in [5.41, 5.74) is 1.23. The Hall–Kier alpha value is -2.45. The molecule has 0 amide bonds. The van der Waals surface area contributed by atoms with Gasteiger partial charge in [0, 0.05) is 13.0 Å². The minimum atomic E-state index is 0.571. The number of rotatable bonds is 7. The fourth-order valence-electron chi connectivity index (χ4n) is 2.60. The normalized spacial score (nSPS) is 11.1. The van der Waals surface area contributed by atoms with Gasteiger partial charge in [-0.3, -0.25) is 0 Å². The maximum Gasteiger partial charge on any atom is 0.237 e. The molecule has 0 aliphatic heterocycles. The summed E-state index contributed by atoms with van der Waals surface area (Å²) in [6.07, 6.45) is 0.769. The summed E-state index contributed by atoms with van der Waals surface area (Å²) in [7, 11) is 0. The van der Waals surface area contributed by atoms with Crippen LogP contribution in [0, 0.1) is 0 Å². The molecular formula is C18H17N5OS2. The Morgan fingerprint density at radius 1 is 1.12 bits per heavy atom. The molecule has 0 saturated carbocycles. The highest BCUT2D eigenvalue weighted by atomic mass is 32.2. The summed E-state index contributed by atoms with van der Waals surface area (Å²) in [5.74, 6) is 2.76. The fourth-order valence-corrected chi connectivity index (χ4v) is 4.11. The van der Waals surface area contributed by atoms with Gasteiger partial charge in [0.1, 0.15) is 5.82 Å². The maximum atomic E-state index is 5.35. The van der Waals surface area contributed by atoms with Crippen molar-refractivity contribution in [3.63, 3.8) is 0 Å². The molecular weight excluding hydrogens is 366 g/mol. The van der Waals surface area contributed by atoms with E-state index in [1.807, 2.05) is 35.7 Å². The lowest BCUT2D eigenvalue weighted by Crippen LogP contribution is -2.04. The summed E-state index contributed by atoms with van der Waals surface area (Å²) < 4.78 is 7.49. The molecule has 0 bridgehead atoms. The van der Waals surface area contributed by atoms with E-state index >= 15 is 0 Å². The molecule has 26 heavy (non-hydrogen) atoms. The van der Waals surface area contributed by atoms with Gasteiger partial charge in [-0.2, -0.15) is 4.98 Å². The molecule has 0 N–H and O–H groups in total. The van der Waals surface area contributed by atoms with E-state index < -0.39 is 0 Å². The quantitative estimate of drug-likeness (QED) is 0.443. The van der Waals surface area contributed by atoms with Crippen molar-refractivity contribution in [2.45, 2.75) is 30.8 Å². The molecule has 0 radical (unpaired) electrons. The van der Waals surface area contributed by atoms with E-state index in [0.717, 1.165) is 28.8 Å². The van der Waals surface area contributed by atoms with Crippen LogP contribution in [0.15, 0.2) is 57.5 Å². The number of benzene rings is 1. The lowest BCUT2D eigenvalue weighted by Gasteiger charge is -2.06. The summed E-state index contributed by atoms with van der Waals surface area (Å²) in [4.78, 5) is 5.46. The van der Waals surface area contributed by atoms with E-state index in [1.54, 1.807) is 23.1 Å².